The summed E-state index contributed by atoms with van der Waals surface area (Å²) in [4.78, 5) is 18.1. The van der Waals surface area contributed by atoms with E-state index in [1.807, 2.05) is 13.8 Å². The van der Waals surface area contributed by atoms with Crippen molar-refractivity contribution in [2.45, 2.75) is 20.4 Å². The van der Waals surface area contributed by atoms with Crippen molar-refractivity contribution in [2.24, 2.45) is 0 Å². The molecule has 0 saturated heterocycles. The first-order chi connectivity index (χ1) is 9.99. The van der Waals surface area contributed by atoms with Crippen LogP contribution in [0.2, 0.25) is 0 Å². The Morgan fingerprint density at radius 3 is 2.81 bits per heavy atom. The third-order valence-electron chi connectivity index (χ3n) is 2.86. The predicted molar refractivity (Wildman–Crippen MR) is 78.9 cm³/mol. The highest BCUT2D eigenvalue weighted by atomic mass is 16.5. The highest BCUT2D eigenvalue weighted by Gasteiger charge is 2.15. The summed E-state index contributed by atoms with van der Waals surface area (Å²) in [6, 6.07) is 5.01. The van der Waals surface area contributed by atoms with E-state index in [1.54, 1.807) is 25.2 Å². The van der Waals surface area contributed by atoms with Crippen molar-refractivity contribution >= 4 is 11.6 Å². The van der Waals surface area contributed by atoms with E-state index in [2.05, 4.69) is 15.2 Å². The van der Waals surface area contributed by atoms with Gasteiger partial charge in [-0.1, -0.05) is 0 Å². The van der Waals surface area contributed by atoms with Gasteiger partial charge in [-0.05, 0) is 26.0 Å². The van der Waals surface area contributed by atoms with Crippen LogP contribution in [-0.2, 0) is 6.54 Å². The molecule has 7 heteroatoms. The zero-order chi connectivity index (χ0) is 15.4. The molecule has 112 valence electrons. The molecule has 1 aromatic heterocycles. The Balaban J connectivity index is 2.14. The van der Waals surface area contributed by atoms with Crippen LogP contribution in [0.4, 0.5) is 5.69 Å². The van der Waals surface area contributed by atoms with Gasteiger partial charge < -0.3 is 15.4 Å². The number of nitrogen functional groups attached to an aromatic ring is 1. The van der Waals surface area contributed by atoms with Crippen molar-refractivity contribution in [3.05, 3.63) is 35.4 Å². The Morgan fingerprint density at radius 2 is 2.19 bits per heavy atom. The van der Waals surface area contributed by atoms with Crippen molar-refractivity contribution in [2.75, 3.05) is 19.4 Å². The second kappa shape index (κ2) is 6.25. The van der Waals surface area contributed by atoms with Gasteiger partial charge in [0.1, 0.15) is 11.6 Å². The smallest absolute Gasteiger partial charge is 0.254 e. The average Bonchev–Trinajstić information content (AvgIpc) is 2.83. The van der Waals surface area contributed by atoms with Gasteiger partial charge in [0.2, 0.25) is 0 Å². The van der Waals surface area contributed by atoms with Gasteiger partial charge in [-0.3, -0.25) is 9.89 Å². The molecule has 0 aliphatic heterocycles. The van der Waals surface area contributed by atoms with Gasteiger partial charge in [0.05, 0.1) is 13.2 Å². The van der Waals surface area contributed by atoms with Crippen LogP contribution in [0, 0.1) is 6.92 Å². The maximum Gasteiger partial charge on any atom is 0.254 e. The van der Waals surface area contributed by atoms with Crippen LogP contribution >= 0.6 is 0 Å². The Kier molecular flexibility index (Phi) is 4.42. The van der Waals surface area contributed by atoms with Gasteiger partial charge in [0.15, 0.2) is 5.82 Å². The molecule has 0 aliphatic carbocycles. The number of aromatic nitrogens is 3. The molecule has 0 saturated carbocycles. The third kappa shape index (κ3) is 3.71. The van der Waals surface area contributed by atoms with E-state index in [0.717, 1.165) is 0 Å². The lowest BCUT2D eigenvalue weighted by atomic mass is 10.1. The Bertz CT molecular complexity index is 638. The molecule has 0 bridgehead atoms. The number of anilines is 1. The molecule has 2 rings (SSSR count). The number of hydrogen-bond acceptors (Lipinski definition) is 5. The molecule has 0 radical (unpaired) electrons. The van der Waals surface area contributed by atoms with E-state index in [1.165, 1.54) is 4.90 Å². The van der Waals surface area contributed by atoms with Crippen molar-refractivity contribution in [1.29, 1.82) is 0 Å². The zero-order valence-corrected chi connectivity index (χ0v) is 12.4. The summed E-state index contributed by atoms with van der Waals surface area (Å²) in [7, 11) is 1.69. The number of rotatable bonds is 5. The van der Waals surface area contributed by atoms with Gasteiger partial charge >= 0.3 is 0 Å². The Hall–Kier alpha value is -2.57. The SMILES string of the molecule is CCOc1cc(N)cc(C(=O)N(C)Cc2n[nH]c(C)n2)c1. The van der Waals surface area contributed by atoms with Crippen molar-refractivity contribution in [3.8, 4) is 5.75 Å². The minimum absolute atomic E-state index is 0.161. The molecule has 1 heterocycles. The molecular weight excluding hydrogens is 270 g/mol. The van der Waals surface area contributed by atoms with Gasteiger partial charge in [0, 0.05) is 24.4 Å². The van der Waals surface area contributed by atoms with Gasteiger partial charge in [0.25, 0.3) is 5.91 Å². The minimum atomic E-state index is -0.161. The molecule has 3 N–H and O–H groups in total. The van der Waals surface area contributed by atoms with E-state index in [9.17, 15) is 4.79 Å². The lowest BCUT2D eigenvalue weighted by Crippen LogP contribution is -2.26. The number of H-pyrrole nitrogens is 1. The number of nitrogens with zero attached hydrogens (tertiary/aromatic N) is 3. The topological polar surface area (TPSA) is 97.1 Å². The fraction of sp³-hybridized carbons (Fsp3) is 0.357. The predicted octanol–water partition coefficient (Wildman–Crippen LogP) is 1.37. The number of hydrogen-bond donors (Lipinski definition) is 2. The largest absolute Gasteiger partial charge is 0.494 e. The molecule has 0 atom stereocenters. The number of nitrogens with one attached hydrogen (secondary N) is 1. The van der Waals surface area contributed by atoms with Crippen LogP contribution in [0.5, 0.6) is 5.75 Å². The lowest BCUT2D eigenvalue weighted by molar-refractivity contribution is 0.0781. The fourth-order valence-corrected chi connectivity index (χ4v) is 1.96. The molecule has 0 aliphatic rings. The monoisotopic (exact) mass is 289 g/mol. The number of aromatic amines is 1. The van der Waals surface area contributed by atoms with Crippen molar-refractivity contribution in [1.82, 2.24) is 20.1 Å². The highest BCUT2D eigenvalue weighted by Crippen LogP contribution is 2.20. The molecule has 2 aromatic rings. The standard InChI is InChI=1S/C14H19N5O2/c1-4-21-12-6-10(5-11(15)7-12)14(20)19(3)8-13-16-9(2)17-18-13/h5-7H,4,8,15H2,1-3H3,(H,16,17,18). The summed E-state index contributed by atoms with van der Waals surface area (Å²) >= 11 is 0. The first-order valence-corrected chi connectivity index (χ1v) is 6.66. The number of aryl methyl sites for hydroxylation is 1. The van der Waals surface area contributed by atoms with Crippen molar-refractivity contribution in [3.63, 3.8) is 0 Å². The number of amides is 1. The molecule has 1 aromatic carbocycles. The summed E-state index contributed by atoms with van der Waals surface area (Å²) in [6.45, 7) is 4.53. The summed E-state index contributed by atoms with van der Waals surface area (Å²) in [6.07, 6.45) is 0. The minimum Gasteiger partial charge on any atom is -0.494 e. The van der Waals surface area contributed by atoms with Crippen LogP contribution in [-0.4, -0.2) is 39.6 Å². The van der Waals surface area contributed by atoms with E-state index in [4.69, 9.17) is 10.5 Å². The van der Waals surface area contributed by atoms with Gasteiger partial charge in [-0.15, -0.1) is 0 Å². The lowest BCUT2D eigenvalue weighted by Gasteiger charge is -2.16. The molecular formula is C14H19N5O2. The summed E-state index contributed by atoms with van der Waals surface area (Å²) in [5.74, 6) is 1.71. The second-order valence-corrected chi connectivity index (χ2v) is 4.72. The van der Waals surface area contributed by atoms with Gasteiger partial charge in [-0.25, -0.2) is 4.98 Å². The number of ether oxygens (including phenoxy) is 1. The van der Waals surface area contributed by atoms with Crippen LogP contribution in [0.1, 0.15) is 28.9 Å². The highest BCUT2D eigenvalue weighted by molar-refractivity contribution is 5.95. The average molecular weight is 289 g/mol. The van der Waals surface area contributed by atoms with E-state index in [0.29, 0.717) is 41.8 Å². The summed E-state index contributed by atoms with van der Waals surface area (Å²) < 4.78 is 5.40. The first-order valence-electron chi connectivity index (χ1n) is 6.66. The van der Waals surface area contributed by atoms with Crippen LogP contribution in [0.3, 0.4) is 0 Å². The fourth-order valence-electron chi connectivity index (χ4n) is 1.96. The molecule has 0 unspecified atom stereocenters. The number of benzene rings is 1. The quantitative estimate of drug-likeness (QED) is 0.810. The molecule has 21 heavy (non-hydrogen) atoms. The zero-order valence-electron chi connectivity index (χ0n) is 12.4. The molecule has 7 nitrogen and oxygen atoms in total. The molecule has 0 fully saturated rings. The van der Waals surface area contributed by atoms with Crippen molar-refractivity contribution < 1.29 is 9.53 Å². The maximum atomic E-state index is 12.4. The maximum absolute atomic E-state index is 12.4. The Morgan fingerprint density at radius 1 is 1.43 bits per heavy atom. The number of nitrogens with two attached hydrogens (primary N) is 1. The summed E-state index contributed by atoms with van der Waals surface area (Å²) in [5.41, 5.74) is 6.78. The second-order valence-electron chi connectivity index (χ2n) is 4.72. The van der Waals surface area contributed by atoms with Crippen LogP contribution in [0.25, 0.3) is 0 Å². The van der Waals surface area contributed by atoms with Gasteiger partial charge in [-0.2, -0.15) is 5.10 Å². The number of carbonyl (C=O) groups excluding carboxylic acids is 1. The van der Waals surface area contributed by atoms with Crippen LogP contribution < -0.4 is 10.5 Å². The molecule has 0 spiro atoms. The molecule has 1 amide bonds. The normalized spacial score (nSPS) is 10.4. The summed E-state index contributed by atoms with van der Waals surface area (Å²) in [5, 5.41) is 6.77. The van der Waals surface area contributed by atoms with E-state index >= 15 is 0 Å². The van der Waals surface area contributed by atoms with E-state index in [-0.39, 0.29) is 5.91 Å². The third-order valence-corrected chi connectivity index (χ3v) is 2.86. The van der Waals surface area contributed by atoms with E-state index < -0.39 is 0 Å². The van der Waals surface area contributed by atoms with Crippen LogP contribution in [0.15, 0.2) is 18.2 Å². The number of carbonyl (C=O) groups is 1. The Labute approximate surface area is 123 Å². The first kappa shape index (κ1) is 14.8.